The van der Waals surface area contributed by atoms with Gasteiger partial charge in [-0.25, -0.2) is 9.18 Å². The van der Waals surface area contributed by atoms with Gasteiger partial charge in [0.25, 0.3) is 0 Å². The number of carbonyl (C=O) groups excluding carboxylic acids is 1. The van der Waals surface area contributed by atoms with Crippen molar-refractivity contribution >= 4 is 5.97 Å². The molecule has 2 atom stereocenters. The van der Waals surface area contributed by atoms with Crippen LogP contribution in [0.2, 0.25) is 0 Å². The molecule has 0 aliphatic heterocycles. The maximum absolute atomic E-state index is 13.1. The van der Waals surface area contributed by atoms with E-state index in [1.165, 1.54) is 26.0 Å². The van der Waals surface area contributed by atoms with Gasteiger partial charge in [-0.2, -0.15) is 0 Å². The first-order valence-corrected chi connectivity index (χ1v) is 5.76. The van der Waals surface area contributed by atoms with Gasteiger partial charge in [0.2, 0.25) is 0 Å². The van der Waals surface area contributed by atoms with E-state index in [1.807, 2.05) is 0 Å². The summed E-state index contributed by atoms with van der Waals surface area (Å²) in [4.78, 5) is 11.4. The van der Waals surface area contributed by atoms with Gasteiger partial charge in [0.15, 0.2) is 6.10 Å². The lowest BCUT2D eigenvalue weighted by Gasteiger charge is -2.17. The predicted octanol–water partition coefficient (Wildman–Crippen LogP) is 2.21. The molecular weight excluding hydrogens is 239 g/mol. The Labute approximate surface area is 105 Å². The van der Waals surface area contributed by atoms with Crippen LogP contribution >= 0.6 is 0 Å². The van der Waals surface area contributed by atoms with E-state index in [9.17, 15) is 14.3 Å². The predicted molar refractivity (Wildman–Crippen MR) is 63.8 cm³/mol. The topological polar surface area (TPSA) is 55.8 Å². The molecule has 0 aromatic heterocycles. The molecule has 5 heteroatoms. The number of halogens is 1. The number of aliphatic hydroxyl groups excluding tert-OH is 1. The minimum absolute atomic E-state index is 0.144. The van der Waals surface area contributed by atoms with E-state index in [0.29, 0.717) is 5.56 Å². The Balaban J connectivity index is 2.88. The third-order valence-corrected chi connectivity index (χ3v) is 2.35. The van der Waals surface area contributed by atoms with Crippen molar-refractivity contribution in [1.29, 1.82) is 0 Å². The molecule has 1 aromatic carbocycles. The lowest BCUT2D eigenvalue weighted by atomic mass is 10.1. The molecule has 1 aromatic rings. The van der Waals surface area contributed by atoms with Crippen molar-refractivity contribution in [3.8, 4) is 5.75 Å². The van der Waals surface area contributed by atoms with Gasteiger partial charge in [0.1, 0.15) is 11.6 Å². The van der Waals surface area contributed by atoms with Crippen LogP contribution in [0.15, 0.2) is 18.2 Å². The number of benzene rings is 1. The highest BCUT2D eigenvalue weighted by Gasteiger charge is 2.19. The second-order valence-corrected chi connectivity index (χ2v) is 3.87. The van der Waals surface area contributed by atoms with Crippen LogP contribution < -0.4 is 4.74 Å². The molecule has 0 aliphatic rings. The monoisotopic (exact) mass is 256 g/mol. The fourth-order valence-corrected chi connectivity index (χ4v) is 1.45. The largest absolute Gasteiger partial charge is 0.479 e. The molecule has 0 radical (unpaired) electrons. The van der Waals surface area contributed by atoms with Gasteiger partial charge in [0, 0.05) is 11.6 Å². The first-order chi connectivity index (χ1) is 8.45. The molecular formula is C13H17FO4. The van der Waals surface area contributed by atoms with Crippen molar-refractivity contribution in [2.45, 2.75) is 33.0 Å². The average Bonchev–Trinajstić information content (AvgIpc) is 2.28. The fraction of sp³-hybridized carbons (Fsp3) is 0.462. The molecule has 0 saturated heterocycles. The maximum Gasteiger partial charge on any atom is 0.347 e. The zero-order chi connectivity index (χ0) is 13.7. The van der Waals surface area contributed by atoms with Crippen LogP contribution in [-0.2, 0) is 9.53 Å². The van der Waals surface area contributed by atoms with Crippen molar-refractivity contribution in [3.63, 3.8) is 0 Å². The molecule has 100 valence electrons. The van der Waals surface area contributed by atoms with Crippen molar-refractivity contribution in [1.82, 2.24) is 0 Å². The van der Waals surface area contributed by atoms with Crippen LogP contribution in [-0.4, -0.2) is 23.8 Å². The summed E-state index contributed by atoms with van der Waals surface area (Å²) >= 11 is 0. The minimum Gasteiger partial charge on any atom is -0.479 e. The van der Waals surface area contributed by atoms with E-state index in [2.05, 4.69) is 0 Å². The van der Waals surface area contributed by atoms with E-state index in [-0.39, 0.29) is 12.4 Å². The highest BCUT2D eigenvalue weighted by Crippen LogP contribution is 2.27. The van der Waals surface area contributed by atoms with E-state index in [0.717, 1.165) is 6.07 Å². The third kappa shape index (κ3) is 3.70. The van der Waals surface area contributed by atoms with Gasteiger partial charge < -0.3 is 14.6 Å². The zero-order valence-electron chi connectivity index (χ0n) is 10.6. The average molecular weight is 256 g/mol. The highest BCUT2D eigenvalue weighted by molar-refractivity contribution is 5.74. The zero-order valence-corrected chi connectivity index (χ0v) is 10.6. The van der Waals surface area contributed by atoms with Crippen molar-refractivity contribution in [2.24, 2.45) is 0 Å². The molecule has 4 nitrogen and oxygen atoms in total. The van der Waals surface area contributed by atoms with E-state index in [1.54, 1.807) is 6.92 Å². The molecule has 1 rings (SSSR count). The van der Waals surface area contributed by atoms with Crippen LogP contribution in [0.25, 0.3) is 0 Å². The number of carbonyl (C=O) groups is 1. The minimum atomic E-state index is -0.857. The molecule has 0 aliphatic carbocycles. The fourth-order valence-electron chi connectivity index (χ4n) is 1.45. The number of ether oxygens (including phenoxy) is 2. The molecule has 0 amide bonds. The SMILES string of the molecule is CCOC(=O)C(C)Oc1cc(F)ccc1[C@H](C)O. The Kier molecular flexibility index (Phi) is 5.09. The Morgan fingerprint density at radius 3 is 2.67 bits per heavy atom. The third-order valence-electron chi connectivity index (χ3n) is 2.35. The molecule has 0 heterocycles. The highest BCUT2D eigenvalue weighted by atomic mass is 19.1. The van der Waals surface area contributed by atoms with Gasteiger partial charge >= 0.3 is 5.97 Å². The smallest absolute Gasteiger partial charge is 0.347 e. The van der Waals surface area contributed by atoms with Gasteiger partial charge in [0.05, 0.1) is 12.7 Å². The quantitative estimate of drug-likeness (QED) is 0.821. The van der Waals surface area contributed by atoms with Crippen LogP contribution in [0.4, 0.5) is 4.39 Å². The summed E-state index contributed by atoms with van der Waals surface area (Å²) in [5, 5.41) is 9.53. The summed E-state index contributed by atoms with van der Waals surface area (Å²) in [6.07, 6.45) is -1.67. The number of aliphatic hydroxyl groups is 1. The lowest BCUT2D eigenvalue weighted by molar-refractivity contribution is -0.150. The van der Waals surface area contributed by atoms with E-state index >= 15 is 0 Å². The second-order valence-electron chi connectivity index (χ2n) is 3.87. The van der Waals surface area contributed by atoms with Crippen LogP contribution in [0.3, 0.4) is 0 Å². The number of hydrogen-bond donors (Lipinski definition) is 1. The Morgan fingerprint density at radius 2 is 2.11 bits per heavy atom. The Bertz CT molecular complexity index is 417. The molecule has 1 N–H and O–H groups in total. The molecule has 0 saturated carbocycles. The van der Waals surface area contributed by atoms with Crippen molar-refractivity contribution in [3.05, 3.63) is 29.6 Å². The van der Waals surface area contributed by atoms with Gasteiger partial charge in [-0.1, -0.05) is 0 Å². The van der Waals surface area contributed by atoms with Crippen molar-refractivity contribution in [2.75, 3.05) is 6.61 Å². The first-order valence-electron chi connectivity index (χ1n) is 5.76. The molecule has 1 unspecified atom stereocenters. The molecule has 0 bridgehead atoms. The summed E-state index contributed by atoms with van der Waals surface area (Å²) in [7, 11) is 0. The summed E-state index contributed by atoms with van der Waals surface area (Å²) in [6, 6.07) is 3.79. The van der Waals surface area contributed by atoms with E-state index < -0.39 is 24.0 Å². The molecule has 0 spiro atoms. The summed E-state index contributed by atoms with van der Waals surface area (Å²) in [6.45, 7) is 4.98. The number of rotatable bonds is 5. The molecule has 18 heavy (non-hydrogen) atoms. The summed E-state index contributed by atoms with van der Waals surface area (Å²) in [5.41, 5.74) is 0.424. The van der Waals surface area contributed by atoms with Crippen LogP contribution in [0.1, 0.15) is 32.4 Å². The lowest BCUT2D eigenvalue weighted by Crippen LogP contribution is -2.26. The summed E-state index contributed by atoms with van der Waals surface area (Å²) in [5.74, 6) is -0.880. The van der Waals surface area contributed by atoms with Gasteiger partial charge in [-0.3, -0.25) is 0 Å². The second kappa shape index (κ2) is 6.35. The van der Waals surface area contributed by atoms with Crippen molar-refractivity contribution < 1.29 is 23.8 Å². The Hall–Kier alpha value is -1.62. The first kappa shape index (κ1) is 14.4. The van der Waals surface area contributed by atoms with Crippen LogP contribution in [0, 0.1) is 5.82 Å². The number of hydrogen-bond acceptors (Lipinski definition) is 4. The van der Waals surface area contributed by atoms with Crippen LogP contribution in [0.5, 0.6) is 5.75 Å². The normalized spacial score (nSPS) is 13.8. The molecule has 0 fully saturated rings. The Morgan fingerprint density at radius 1 is 1.44 bits per heavy atom. The van der Waals surface area contributed by atoms with Gasteiger partial charge in [-0.05, 0) is 32.9 Å². The van der Waals surface area contributed by atoms with E-state index in [4.69, 9.17) is 9.47 Å². The summed E-state index contributed by atoms with van der Waals surface area (Å²) < 4.78 is 23.2. The van der Waals surface area contributed by atoms with Gasteiger partial charge in [-0.15, -0.1) is 0 Å². The standard InChI is InChI=1S/C13H17FO4/c1-4-17-13(16)9(3)18-12-7-10(14)5-6-11(12)8(2)15/h5-9,15H,4H2,1-3H3/t8-,9?/m0/s1. The maximum atomic E-state index is 13.1. The number of esters is 1.